The number of esters is 1. The normalized spacial score (nSPS) is 27.2. The first-order chi connectivity index (χ1) is 58.2. The molecule has 11 N–H and O–H groups in total. The summed E-state index contributed by atoms with van der Waals surface area (Å²) >= 11 is 0. The molecule has 1 aliphatic carbocycles. The maximum Gasteiger partial charge on any atom is 0.329 e. The number of nitrogens with zero attached hydrogens (tertiary/aromatic N) is 14. The van der Waals surface area contributed by atoms with Gasteiger partial charge in [0.1, 0.15) is 59.4 Å². The van der Waals surface area contributed by atoms with E-state index in [4.69, 9.17) is 50.2 Å². The van der Waals surface area contributed by atoms with Crippen molar-refractivity contribution < 1.29 is 77.7 Å². The predicted octanol–water partition coefficient (Wildman–Crippen LogP) is 6.57. The second kappa shape index (κ2) is 41.3. The predicted molar refractivity (Wildman–Crippen MR) is 448 cm³/mol. The molecule has 0 spiro atoms. The van der Waals surface area contributed by atoms with Crippen molar-refractivity contribution in [3.8, 4) is 28.4 Å². The van der Waals surface area contributed by atoms with E-state index in [0.29, 0.717) is 149 Å². The number of piperidine rings is 1. The third kappa shape index (κ3) is 22.2. The number of piperazine rings is 1. The number of cyclic esters (lactones) is 1. The van der Waals surface area contributed by atoms with Crippen LogP contribution in [0.1, 0.15) is 154 Å². The molecule has 3 saturated heterocycles. The number of nitrogen functional groups attached to an aromatic ring is 1. The first-order valence-corrected chi connectivity index (χ1v) is 42.1. The molecule has 0 unspecified atom stereocenters. The number of aromatic nitrogens is 12. The largest absolute Gasteiger partial charge is 0.508 e. The van der Waals surface area contributed by atoms with Crippen LogP contribution in [-0.2, 0) is 59.0 Å². The van der Waals surface area contributed by atoms with Gasteiger partial charge >= 0.3 is 5.97 Å². The smallest absolute Gasteiger partial charge is 0.329 e. The minimum absolute atomic E-state index is 0.00627. The van der Waals surface area contributed by atoms with Crippen LogP contribution < -0.4 is 31.9 Å². The topological polar surface area (TPSA) is 474 Å². The summed E-state index contributed by atoms with van der Waals surface area (Å²) in [6.07, 6.45) is 20.0. The van der Waals surface area contributed by atoms with Crippen LogP contribution in [0.4, 0.5) is 17.7 Å². The zero-order valence-electron chi connectivity index (χ0n) is 70.1. The van der Waals surface area contributed by atoms with Gasteiger partial charge in [-0.05, 0) is 138 Å². The van der Waals surface area contributed by atoms with Gasteiger partial charge in [0.25, 0.3) is 17.6 Å². The Morgan fingerprint density at radius 1 is 0.793 bits per heavy atom. The number of phenols is 1. The van der Waals surface area contributed by atoms with Crippen LogP contribution in [0.15, 0.2) is 109 Å². The van der Waals surface area contributed by atoms with Gasteiger partial charge in [0, 0.05) is 151 Å². The number of aliphatic hydroxyl groups excluding tert-OH is 2. The summed E-state index contributed by atoms with van der Waals surface area (Å²) in [6.45, 7) is 14.1. The van der Waals surface area contributed by atoms with Gasteiger partial charge < -0.3 is 85.9 Å². The number of aryl methyl sites for hydroxylation is 1. The molecule has 4 aliphatic heterocycles. The number of carbonyl (C=O) groups excluding carboxylic acids is 7. The third-order valence-corrected chi connectivity index (χ3v) is 24.1. The van der Waals surface area contributed by atoms with Gasteiger partial charge in [0.2, 0.25) is 23.6 Å². The molecular weight excluding hydrogens is 1560 g/mol. The van der Waals surface area contributed by atoms with Crippen LogP contribution in [0, 0.1) is 29.6 Å². The summed E-state index contributed by atoms with van der Waals surface area (Å²) in [4.78, 5) is 133. The lowest BCUT2D eigenvalue weighted by atomic mass is 9.79. The zero-order valence-corrected chi connectivity index (χ0v) is 70.1. The molecule has 3 amide bonds. The molecule has 1 aromatic carbocycles. The fourth-order valence-electron chi connectivity index (χ4n) is 16.8. The fourth-order valence-corrected chi connectivity index (χ4v) is 16.8. The van der Waals surface area contributed by atoms with Gasteiger partial charge in [0.05, 0.1) is 60.4 Å². The highest BCUT2D eigenvalue weighted by atomic mass is 16.6. The number of hydrogen-bond acceptors (Lipinski definition) is 29. The average Bonchev–Trinajstić information content (AvgIpc) is 1.65. The number of carbonyl (C=O) groups is 7. The number of rotatable bonds is 22. The first-order valence-electron chi connectivity index (χ1n) is 42.1. The quantitative estimate of drug-likeness (QED) is 0.0150. The van der Waals surface area contributed by atoms with Crippen molar-refractivity contribution in [2.75, 3.05) is 88.8 Å². The number of Topliss-reactive ketones (excluding diaryl/α,β-unsaturated/α-hetero) is 3. The van der Waals surface area contributed by atoms with Gasteiger partial charge in [0.15, 0.2) is 11.4 Å². The fraction of sp³-hybridized carbons (Fsp3) is 0.558. The molecule has 0 radical (unpaired) electrons. The zero-order chi connectivity index (χ0) is 86.2. The Labute approximate surface area is 702 Å². The van der Waals surface area contributed by atoms with E-state index >= 15 is 0 Å². The highest BCUT2D eigenvalue weighted by Gasteiger charge is 2.53. The maximum atomic E-state index is 14.8. The molecule has 2 bridgehead atoms. The Hall–Kier alpha value is -10.7. The van der Waals surface area contributed by atoms with Crippen LogP contribution in [0.25, 0.3) is 44.6 Å². The van der Waals surface area contributed by atoms with E-state index in [1.807, 2.05) is 61.4 Å². The van der Waals surface area contributed by atoms with Crippen LogP contribution in [0.5, 0.6) is 5.75 Å². The van der Waals surface area contributed by atoms with E-state index < -0.39 is 95.4 Å². The summed E-state index contributed by atoms with van der Waals surface area (Å²) in [7, 11) is 3.17. The molecule has 650 valence electrons. The number of aromatic hydroxyl groups is 1. The standard InChI is InChI=1S/C86H115N19O16/c1-50-16-10-9-11-17-51(2)69(117-7)42-61-22-19-55(6)86(116,121-61)78(112)82(114)103-28-14-12-18-67(103)83(115)120-70(43-68(107)52(3)37-54(5)76(110)77(111)75(109)53(4)36-50)62(87)38-56-20-24-66(71(39-56)118-8)105-48-65(98-100-105)58-44-91-84(92-45-58)101-30-32-102(33-31-101)85-93-46-59(47-94-85)81(113)90-27-35-119-34-25-72(108)89-26-13-15-29-104-80-73(79(88)95-49-96-80)74(99-104)64-41-57-40-60(106)21-23-63(57)97-64/h9-11,16-17,21,23,37,40-41,44-50,52-53,55-56,61-62,66-67,69-71,76-77,97,106,110-111,116H,12-15,18-20,22,24-36,38-39,42-43,87H2,1-8H3,(H,89,108)(H,90,113)(H2,88,95,96)/b11-9?,16-10+,51-17?,54-37+/t50-,52-,53-,55-,56+,61+,62-,66+,67+,69+,70+,71-,76-,77+,86-/m1/s1. The van der Waals surface area contributed by atoms with Gasteiger partial charge in [-0.1, -0.05) is 69.4 Å². The molecule has 5 aliphatic rings. The van der Waals surface area contributed by atoms with Crippen LogP contribution in [-0.4, -0.2) is 254 Å². The Morgan fingerprint density at radius 2 is 1.54 bits per heavy atom. The van der Waals surface area contributed by atoms with E-state index in [2.05, 4.69) is 50.8 Å². The van der Waals surface area contributed by atoms with Gasteiger partial charge in [-0.15, -0.1) is 5.10 Å². The highest BCUT2D eigenvalue weighted by molar-refractivity contribution is 6.39. The number of ketones is 3. The number of aliphatic hydroxyl groups is 3. The molecular formula is C86H115N19O16. The molecule has 10 heterocycles. The SMILES string of the molecule is CO[C@H]1C[C@@H]2CC[C@@H](C)[C@@](O)(O2)C(=O)C(=O)N2CCCC[C@H]2C(=O)O[C@H]([C@H](N)C[C@@H]2CC[C@H](n3cc(-c4cnc(N5CCN(c6ncc(C(=O)NCCOCCC(=O)NCCCCn7nc(-c8cc9cc(O)ccc9[nH]8)c8c(N)ncnc87)cn6)CC5)nc4)nn3)[C@H](OC)C2)CC(=O)[C@H](C)/C=C(\C)[C@@H](O)[C@@H](O)C(=O)[C@H](C)C[C@H](C)/C=C/C=CC=C1C. The third-order valence-electron chi connectivity index (χ3n) is 24.1. The van der Waals surface area contributed by atoms with Crippen molar-refractivity contribution >= 4 is 80.7 Å². The second-order valence-electron chi connectivity index (χ2n) is 32.8. The Kier molecular flexibility index (Phi) is 30.6. The van der Waals surface area contributed by atoms with E-state index in [0.717, 1.165) is 27.1 Å². The number of nitrogens with two attached hydrogens (primary N) is 2. The van der Waals surface area contributed by atoms with Gasteiger partial charge in [-0.25, -0.2) is 44.1 Å². The van der Waals surface area contributed by atoms with Crippen LogP contribution in [0.3, 0.4) is 0 Å². The molecule has 121 heavy (non-hydrogen) atoms. The van der Waals surface area contributed by atoms with Crippen molar-refractivity contribution in [2.24, 2.45) is 35.3 Å². The monoisotopic (exact) mass is 1670 g/mol. The number of allylic oxidation sites excluding steroid dienone is 6. The molecule has 35 heteroatoms. The van der Waals surface area contributed by atoms with Crippen molar-refractivity contribution in [1.82, 2.24) is 75.2 Å². The number of aromatic amines is 1. The number of hydrogen-bond donors (Lipinski definition) is 9. The number of amides is 3. The number of anilines is 3. The van der Waals surface area contributed by atoms with Crippen LogP contribution >= 0.6 is 0 Å². The molecule has 1 saturated carbocycles. The summed E-state index contributed by atoms with van der Waals surface area (Å²) in [5.74, 6) is -8.21. The summed E-state index contributed by atoms with van der Waals surface area (Å²) in [5, 5.41) is 65.8. The van der Waals surface area contributed by atoms with E-state index in [-0.39, 0.29) is 111 Å². The highest BCUT2D eigenvalue weighted by Crippen LogP contribution is 2.40. The number of fused-ring (bicyclic) bond motifs is 5. The Balaban J connectivity index is 0.598. The minimum atomic E-state index is -2.51. The number of ether oxygens (including phenoxy) is 5. The van der Waals surface area contributed by atoms with E-state index in [9.17, 15) is 54.0 Å². The summed E-state index contributed by atoms with van der Waals surface area (Å²) in [6, 6.07) is 4.51. The molecule has 12 rings (SSSR count). The van der Waals surface area contributed by atoms with Crippen molar-refractivity contribution in [3.63, 3.8) is 0 Å². The lowest BCUT2D eigenvalue weighted by Crippen LogP contribution is -2.61. The number of benzene rings is 1. The molecule has 35 nitrogen and oxygen atoms in total. The lowest BCUT2D eigenvalue weighted by molar-refractivity contribution is -0.265. The first kappa shape index (κ1) is 89.6. The van der Waals surface area contributed by atoms with Crippen molar-refractivity contribution in [2.45, 2.75) is 205 Å². The maximum absolute atomic E-state index is 14.8. The summed E-state index contributed by atoms with van der Waals surface area (Å²) < 4.78 is 33.8. The number of unbranched alkanes of at least 4 members (excludes halogenated alkanes) is 1. The molecule has 15 atom stereocenters. The number of H-pyrrole nitrogens is 1. The van der Waals surface area contributed by atoms with Crippen molar-refractivity contribution in [3.05, 3.63) is 115 Å². The number of phenolic OH excluding ortho intramolecular Hbond substituents is 1. The van der Waals surface area contributed by atoms with E-state index in [1.54, 1.807) is 74.9 Å². The molecule has 4 fully saturated rings. The molecule has 6 aromatic heterocycles. The average molecular weight is 1670 g/mol. The Morgan fingerprint density at radius 3 is 2.27 bits per heavy atom. The van der Waals surface area contributed by atoms with E-state index in [1.165, 1.54) is 31.7 Å². The number of nitrogens with one attached hydrogen (secondary N) is 3. The second-order valence-corrected chi connectivity index (χ2v) is 32.8. The molecule has 7 aromatic rings. The lowest BCUT2D eigenvalue weighted by Gasteiger charge is -2.42. The summed E-state index contributed by atoms with van der Waals surface area (Å²) in [5.41, 5.74) is 18.7. The number of methoxy groups -OCH3 is 2. The van der Waals surface area contributed by atoms with Gasteiger partial charge in [-0.2, -0.15) is 5.10 Å². The van der Waals surface area contributed by atoms with Crippen molar-refractivity contribution in [1.29, 1.82) is 0 Å². The van der Waals surface area contributed by atoms with Crippen LogP contribution in [0.2, 0.25) is 0 Å². The van der Waals surface area contributed by atoms with Gasteiger partial charge in [-0.3, -0.25) is 28.8 Å². The minimum Gasteiger partial charge on any atom is -0.508 e. The Bertz CT molecular complexity index is 4890.